The first-order valence-electron chi connectivity index (χ1n) is 6.76. The Labute approximate surface area is 125 Å². The van der Waals surface area contributed by atoms with Crippen LogP contribution in [0.2, 0.25) is 0 Å². The van der Waals surface area contributed by atoms with Gasteiger partial charge in [0.25, 0.3) is 0 Å². The zero-order valence-electron chi connectivity index (χ0n) is 12.0. The Kier molecular flexibility index (Phi) is 5.36. The third-order valence-corrected chi connectivity index (χ3v) is 4.27. The molecule has 21 heavy (non-hydrogen) atoms. The number of rotatable bonds is 7. The van der Waals surface area contributed by atoms with Gasteiger partial charge in [0.05, 0.1) is 5.75 Å². The van der Waals surface area contributed by atoms with E-state index in [2.05, 4.69) is 4.72 Å². The van der Waals surface area contributed by atoms with Gasteiger partial charge in [-0.3, -0.25) is 0 Å². The van der Waals surface area contributed by atoms with Crippen LogP contribution in [0, 0.1) is 6.92 Å². The van der Waals surface area contributed by atoms with Gasteiger partial charge in [0, 0.05) is 6.54 Å². The average molecular weight is 305 g/mol. The van der Waals surface area contributed by atoms with E-state index < -0.39 is 10.0 Å². The van der Waals surface area contributed by atoms with Crippen molar-refractivity contribution in [2.24, 2.45) is 0 Å². The number of benzene rings is 2. The molecule has 2 aromatic rings. The van der Waals surface area contributed by atoms with Gasteiger partial charge in [-0.25, -0.2) is 13.1 Å². The maximum absolute atomic E-state index is 11.9. The molecule has 5 heteroatoms. The second-order valence-corrected chi connectivity index (χ2v) is 6.61. The zero-order valence-corrected chi connectivity index (χ0v) is 12.8. The summed E-state index contributed by atoms with van der Waals surface area (Å²) in [7, 11) is -3.33. The molecule has 0 saturated heterocycles. The normalized spacial score (nSPS) is 11.3. The molecule has 1 N–H and O–H groups in total. The van der Waals surface area contributed by atoms with Crippen LogP contribution in [-0.2, 0) is 15.8 Å². The van der Waals surface area contributed by atoms with Crippen molar-refractivity contribution < 1.29 is 13.2 Å². The van der Waals surface area contributed by atoms with Crippen LogP contribution in [0.15, 0.2) is 54.6 Å². The van der Waals surface area contributed by atoms with Gasteiger partial charge in [-0.15, -0.1) is 0 Å². The summed E-state index contributed by atoms with van der Waals surface area (Å²) in [5.41, 5.74) is 1.89. The predicted molar refractivity (Wildman–Crippen MR) is 83.7 cm³/mol. The number of hydrogen-bond donors (Lipinski definition) is 1. The van der Waals surface area contributed by atoms with Crippen LogP contribution in [0.3, 0.4) is 0 Å². The number of hydrogen-bond acceptors (Lipinski definition) is 3. The summed E-state index contributed by atoms with van der Waals surface area (Å²) in [5, 5.41) is 0. The van der Waals surface area contributed by atoms with Crippen molar-refractivity contribution in [1.29, 1.82) is 0 Å². The highest BCUT2D eigenvalue weighted by Gasteiger charge is 2.10. The summed E-state index contributed by atoms with van der Waals surface area (Å²) in [6, 6.07) is 16.8. The van der Waals surface area contributed by atoms with Crippen molar-refractivity contribution >= 4 is 10.0 Å². The number of ether oxygens (including phenoxy) is 1. The van der Waals surface area contributed by atoms with Crippen molar-refractivity contribution in [3.63, 3.8) is 0 Å². The largest absolute Gasteiger partial charge is 0.492 e. The Hall–Kier alpha value is -1.85. The topological polar surface area (TPSA) is 55.4 Å². The highest BCUT2D eigenvalue weighted by molar-refractivity contribution is 7.88. The molecule has 0 unspecified atom stereocenters. The van der Waals surface area contributed by atoms with E-state index in [0.29, 0.717) is 6.61 Å². The van der Waals surface area contributed by atoms with Gasteiger partial charge in [-0.05, 0) is 24.6 Å². The highest BCUT2D eigenvalue weighted by atomic mass is 32.2. The van der Waals surface area contributed by atoms with Gasteiger partial charge in [-0.2, -0.15) is 0 Å². The highest BCUT2D eigenvalue weighted by Crippen LogP contribution is 2.08. The molecule has 0 bridgehead atoms. The summed E-state index contributed by atoms with van der Waals surface area (Å²) in [5.74, 6) is 0.716. The minimum absolute atomic E-state index is 0.0153. The van der Waals surface area contributed by atoms with Crippen molar-refractivity contribution in [1.82, 2.24) is 4.72 Å². The smallest absolute Gasteiger partial charge is 0.215 e. The Bertz CT molecular complexity index is 652. The quantitative estimate of drug-likeness (QED) is 0.800. The Morgan fingerprint density at radius 1 is 1.00 bits per heavy atom. The van der Waals surface area contributed by atoms with E-state index in [1.54, 1.807) is 0 Å². The molecule has 0 aliphatic heterocycles. The minimum atomic E-state index is -3.33. The molecular formula is C16H19NO3S. The Morgan fingerprint density at radius 3 is 2.33 bits per heavy atom. The third-order valence-electron chi connectivity index (χ3n) is 2.91. The van der Waals surface area contributed by atoms with Gasteiger partial charge in [0.15, 0.2) is 0 Å². The number of para-hydroxylation sites is 1. The van der Waals surface area contributed by atoms with E-state index in [0.717, 1.165) is 16.9 Å². The molecule has 0 aliphatic rings. The lowest BCUT2D eigenvalue weighted by molar-refractivity contribution is 0.323. The molecule has 0 fully saturated rings. The van der Waals surface area contributed by atoms with Crippen molar-refractivity contribution in [3.8, 4) is 5.75 Å². The molecule has 4 nitrogen and oxygen atoms in total. The van der Waals surface area contributed by atoms with Crippen LogP contribution in [0.1, 0.15) is 11.1 Å². The predicted octanol–water partition coefficient (Wildman–Crippen LogP) is 2.49. The summed E-state index contributed by atoms with van der Waals surface area (Å²) in [4.78, 5) is 0. The van der Waals surface area contributed by atoms with E-state index in [9.17, 15) is 8.42 Å². The van der Waals surface area contributed by atoms with Gasteiger partial charge in [0.1, 0.15) is 12.4 Å². The number of sulfonamides is 1. The summed E-state index contributed by atoms with van der Waals surface area (Å²) in [6.45, 7) is 2.53. The second-order valence-electron chi connectivity index (χ2n) is 4.80. The molecule has 0 amide bonds. The van der Waals surface area contributed by atoms with Gasteiger partial charge >= 0.3 is 0 Å². The summed E-state index contributed by atoms with van der Waals surface area (Å²) < 4.78 is 31.8. The monoisotopic (exact) mass is 305 g/mol. The molecule has 0 aliphatic carbocycles. The third kappa shape index (κ3) is 5.57. The van der Waals surface area contributed by atoms with E-state index in [1.807, 2.05) is 61.5 Å². The average Bonchev–Trinajstić information content (AvgIpc) is 2.47. The van der Waals surface area contributed by atoms with Gasteiger partial charge in [-0.1, -0.05) is 48.0 Å². The molecule has 0 radical (unpaired) electrons. The maximum Gasteiger partial charge on any atom is 0.215 e. The minimum Gasteiger partial charge on any atom is -0.492 e. The fraction of sp³-hybridized carbons (Fsp3) is 0.250. The molecule has 0 saturated carbocycles. The fourth-order valence-corrected chi connectivity index (χ4v) is 2.97. The first-order valence-corrected chi connectivity index (χ1v) is 8.41. The van der Waals surface area contributed by atoms with E-state index >= 15 is 0 Å². The summed E-state index contributed by atoms with van der Waals surface area (Å²) in [6.07, 6.45) is 0. The lowest BCUT2D eigenvalue weighted by Crippen LogP contribution is -2.29. The molecule has 2 rings (SSSR count). The van der Waals surface area contributed by atoms with Crippen molar-refractivity contribution in [2.75, 3.05) is 13.2 Å². The maximum atomic E-state index is 11.9. The molecule has 0 spiro atoms. The molecule has 2 aromatic carbocycles. The van der Waals surface area contributed by atoms with Crippen molar-refractivity contribution in [2.45, 2.75) is 12.7 Å². The molecule has 0 heterocycles. The van der Waals surface area contributed by atoms with Crippen molar-refractivity contribution in [3.05, 3.63) is 65.7 Å². The van der Waals surface area contributed by atoms with E-state index in [1.165, 1.54) is 0 Å². The van der Waals surface area contributed by atoms with E-state index in [-0.39, 0.29) is 12.3 Å². The number of aryl methyl sites for hydroxylation is 1. The molecule has 0 aromatic heterocycles. The lowest BCUT2D eigenvalue weighted by Gasteiger charge is -2.08. The number of nitrogens with one attached hydrogen (secondary N) is 1. The first kappa shape index (κ1) is 15.5. The van der Waals surface area contributed by atoms with Gasteiger partial charge < -0.3 is 4.74 Å². The van der Waals surface area contributed by atoms with E-state index in [4.69, 9.17) is 4.74 Å². The fourth-order valence-electron chi connectivity index (χ4n) is 1.84. The van der Waals surface area contributed by atoms with Crippen LogP contribution in [0.4, 0.5) is 0 Å². The Morgan fingerprint density at radius 2 is 1.67 bits per heavy atom. The first-order chi connectivity index (χ1) is 10.1. The Balaban J connectivity index is 1.77. The molecular weight excluding hydrogens is 286 g/mol. The zero-order chi connectivity index (χ0) is 15.1. The van der Waals surface area contributed by atoms with Crippen LogP contribution in [0.25, 0.3) is 0 Å². The second kappa shape index (κ2) is 7.24. The SMILES string of the molecule is Cc1ccc(CS(=O)(=O)NCCOc2ccccc2)cc1. The van der Waals surface area contributed by atoms with Crippen LogP contribution in [-0.4, -0.2) is 21.6 Å². The standard InChI is InChI=1S/C16H19NO3S/c1-14-7-9-15(10-8-14)13-21(18,19)17-11-12-20-16-5-3-2-4-6-16/h2-10,17H,11-13H2,1H3. The van der Waals surface area contributed by atoms with Gasteiger partial charge in [0.2, 0.25) is 10.0 Å². The van der Waals surface area contributed by atoms with Crippen LogP contribution in [0.5, 0.6) is 5.75 Å². The van der Waals surface area contributed by atoms with Crippen LogP contribution < -0.4 is 9.46 Å². The van der Waals surface area contributed by atoms with Crippen LogP contribution >= 0.6 is 0 Å². The summed E-state index contributed by atoms with van der Waals surface area (Å²) >= 11 is 0. The molecule has 112 valence electrons. The lowest BCUT2D eigenvalue weighted by atomic mass is 10.2. The molecule has 0 atom stereocenters.